The van der Waals surface area contributed by atoms with Crippen molar-refractivity contribution in [1.29, 1.82) is 0 Å². The van der Waals surface area contributed by atoms with E-state index in [1.54, 1.807) is 0 Å². The summed E-state index contributed by atoms with van der Waals surface area (Å²) in [4.78, 5) is 14.9. The van der Waals surface area contributed by atoms with E-state index in [1.807, 2.05) is 44.2 Å². The summed E-state index contributed by atoms with van der Waals surface area (Å²) in [5, 5.41) is 0.713. The average molecular weight is 428 g/mol. The van der Waals surface area contributed by atoms with Crippen molar-refractivity contribution in [2.24, 2.45) is 5.41 Å². The number of unbranched alkanes of at least 4 members (excludes halogenated alkanes) is 1. The van der Waals surface area contributed by atoms with Crippen LogP contribution in [0.1, 0.15) is 63.0 Å². The Kier molecular flexibility index (Phi) is 6.08. The Labute approximate surface area is 184 Å². The molecule has 0 amide bonds. The topological polar surface area (TPSA) is 38.8 Å². The summed E-state index contributed by atoms with van der Waals surface area (Å²) >= 11 is 6.32. The number of carbonyl (C=O) groups excluding carboxylic acids is 1. The number of para-hydroxylation sites is 1. The molecule has 5 heteroatoms. The number of halogens is 1. The standard InChI is InChI=1S/C25H30ClNO3/c1-4-5-12-25(2,3)24(28)29-16-27-14-20-18-8-6-7-9-22(18)30-23-11-10-17(26)13-19(23)21(20)15-27/h6-11,13,20-21H,4-5,12,14-16H2,1-3H3. The molecule has 30 heavy (non-hydrogen) atoms. The Morgan fingerprint density at radius 3 is 2.60 bits per heavy atom. The lowest BCUT2D eigenvalue weighted by Crippen LogP contribution is -2.32. The van der Waals surface area contributed by atoms with E-state index in [0.717, 1.165) is 49.4 Å². The molecule has 2 atom stereocenters. The minimum Gasteiger partial charge on any atom is -0.457 e. The smallest absolute Gasteiger partial charge is 0.312 e. The molecule has 1 fully saturated rings. The van der Waals surface area contributed by atoms with Gasteiger partial charge in [-0.3, -0.25) is 9.69 Å². The average Bonchev–Trinajstić information content (AvgIpc) is 3.11. The molecule has 2 aliphatic rings. The molecule has 2 unspecified atom stereocenters. The lowest BCUT2D eigenvalue weighted by atomic mass is 9.84. The summed E-state index contributed by atoms with van der Waals surface area (Å²) in [7, 11) is 0. The second kappa shape index (κ2) is 8.60. The number of hydrogen-bond acceptors (Lipinski definition) is 4. The summed E-state index contributed by atoms with van der Waals surface area (Å²) in [5.41, 5.74) is 1.88. The van der Waals surface area contributed by atoms with Crippen molar-refractivity contribution in [3.8, 4) is 11.5 Å². The first-order valence-electron chi connectivity index (χ1n) is 10.8. The van der Waals surface area contributed by atoms with Crippen LogP contribution >= 0.6 is 11.6 Å². The zero-order valence-corrected chi connectivity index (χ0v) is 18.7. The highest BCUT2D eigenvalue weighted by Crippen LogP contribution is 2.50. The van der Waals surface area contributed by atoms with Crippen molar-refractivity contribution in [2.75, 3.05) is 19.8 Å². The third kappa shape index (κ3) is 4.21. The molecule has 1 saturated heterocycles. The van der Waals surface area contributed by atoms with E-state index in [0.29, 0.717) is 11.8 Å². The molecule has 2 aromatic carbocycles. The summed E-state index contributed by atoms with van der Waals surface area (Å²) in [6.07, 6.45) is 2.96. The van der Waals surface area contributed by atoms with Crippen LogP contribution < -0.4 is 4.74 Å². The van der Waals surface area contributed by atoms with Gasteiger partial charge in [0, 0.05) is 35.5 Å². The number of rotatable bonds is 6. The SMILES string of the molecule is CCCCC(C)(C)C(=O)OCN1CC2c3ccccc3Oc3ccc(Cl)cc3C2C1. The number of nitrogens with zero attached hydrogens (tertiary/aromatic N) is 1. The molecule has 0 spiro atoms. The van der Waals surface area contributed by atoms with E-state index in [9.17, 15) is 4.79 Å². The van der Waals surface area contributed by atoms with Gasteiger partial charge in [0.1, 0.15) is 18.2 Å². The number of likely N-dealkylation sites (tertiary alicyclic amines) is 1. The van der Waals surface area contributed by atoms with Crippen LogP contribution in [0.2, 0.25) is 5.02 Å². The zero-order valence-electron chi connectivity index (χ0n) is 18.0. The van der Waals surface area contributed by atoms with Crippen molar-refractivity contribution >= 4 is 17.6 Å². The Morgan fingerprint density at radius 1 is 1.13 bits per heavy atom. The number of fused-ring (bicyclic) bond motifs is 5. The highest BCUT2D eigenvalue weighted by Gasteiger charge is 2.40. The molecule has 0 bridgehead atoms. The molecule has 0 aliphatic carbocycles. The molecular formula is C25H30ClNO3. The van der Waals surface area contributed by atoms with Gasteiger partial charge in [-0.15, -0.1) is 0 Å². The van der Waals surface area contributed by atoms with Crippen LogP contribution in [0, 0.1) is 5.41 Å². The van der Waals surface area contributed by atoms with Gasteiger partial charge in [-0.2, -0.15) is 0 Å². The molecule has 4 nitrogen and oxygen atoms in total. The Balaban J connectivity index is 1.53. The predicted molar refractivity (Wildman–Crippen MR) is 119 cm³/mol. The number of carbonyl (C=O) groups is 1. The van der Waals surface area contributed by atoms with Crippen molar-refractivity contribution in [3.05, 3.63) is 58.6 Å². The second-order valence-electron chi connectivity index (χ2n) is 9.12. The molecule has 2 aliphatic heterocycles. The normalized spacial score (nSPS) is 20.5. The maximum absolute atomic E-state index is 12.7. The molecule has 0 radical (unpaired) electrons. The number of hydrogen-bond donors (Lipinski definition) is 0. The molecule has 0 saturated carbocycles. The Morgan fingerprint density at radius 2 is 1.83 bits per heavy atom. The minimum absolute atomic E-state index is 0.116. The lowest BCUT2D eigenvalue weighted by molar-refractivity contribution is -0.159. The zero-order chi connectivity index (χ0) is 21.3. The first-order chi connectivity index (χ1) is 14.4. The maximum atomic E-state index is 12.7. The van der Waals surface area contributed by atoms with Crippen LogP contribution in [0.25, 0.3) is 0 Å². The van der Waals surface area contributed by atoms with E-state index in [-0.39, 0.29) is 17.8 Å². The van der Waals surface area contributed by atoms with Crippen molar-refractivity contribution in [3.63, 3.8) is 0 Å². The van der Waals surface area contributed by atoms with Gasteiger partial charge in [0.25, 0.3) is 0 Å². The second-order valence-corrected chi connectivity index (χ2v) is 9.56. The van der Waals surface area contributed by atoms with Crippen molar-refractivity contribution in [1.82, 2.24) is 4.90 Å². The van der Waals surface area contributed by atoms with Crippen molar-refractivity contribution < 1.29 is 14.3 Å². The van der Waals surface area contributed by atoms with Crippen molar-refractivity contribution in [2.45, 2.75) is 51.9 Å². The van der Waals surface area contributed by atoms with Crippen LogP contribution in [0.3, 0.4) is 0 Å². The number of ether oxygens (including phenoxy) is 2. The van der Waals surface area contributed by atoms with Crippen LogP contribution in [0.15, 0.2) is 42.5 Å². The van der Waals surface area contributed by atoms with E-state index in [1.165, 1.54) is 5.56 Å². The van der Waals surface area contributed by atoms with Crippen LogP contribution in [0.4, 0.5) is 0 Å². The molecule has 160 valence electrons. The van der Waals surface area contributed by atoms with E-state index in [4.69, 9.17) is 21.1 Å². The predicted octanol–water partition coefficient (Wildman–Crippen LogP) is 6.35. The highest BCUT2D eigenvalue weighted by molar-refractivity contribution is 6.30. The first kappa shape index (κ1) is 21.2. The van der Waals surface area contributed by atoms with E-state index in [2.05, 4.69) is 24.0 Å². The summed E-state index contributed by atoms with van der Waals surface area (Å²) < 4.78 is 12.0. The van der Waals surface area contributed by atoms with Crippen LogP contribution in [-0.2, 0) is 9.53 Å². The van der Waals surface area contributed by atoms with Gasteiger partial charge in [0.2, 0.25) is 0 Å². The fourth-order valence-corrected chi connectivity index (χ4v) is 4.77. The summed E-state index contributed by atoms with van der Waals surface area (Å²) in [6.45, 7) is 8.04. The molecule has 4 rings (SSSR count). The van der Waals surface area contributed by atoms with Gasteiger partial charge < -0.3 is 9.47 Å². The summed E-state index contributed by atoms with van der Waals surface area (Å²) in [5.74, 6) is 2.16. The van der Waals surface area contributed by atoms with Gasteiger partial charge >= 0.3 is 5.97 Å². The van der Waals surface area contributed by atoms with Gasteiger partial charge in [-0.25, -0.2) is 0 Å². The van der Waals surface area contributed by atoms with Gasteiger partial charge in [-0.05, 0) is 50.1 Å². The fraction of sp³-hybridized carbons (Fsp3) is 0.480. The highest BCUT2D eigenvalue weighted by atomic mass is 35.5. The van der Waals surface area contributed by atoms with Gasteiger partial charge in [0.05, 0.1) is 5.41 Å². The largest absolute Gasteiger partial charge is 0.457 e. The molecular weight excluding hydrogens is 398 g/mol. The molecule has 2 aromatic rings. The number of esters is 1. The first-order valence-corrected chi connectivity index (χ1v) is 11.2. The monoisotopic (exact) mass is 427 g/mol. The molecule has 0 aromatic heterocycles. The van der Waals surface area contributed by atoms with E-state index < -0.39 is 5.41 Å². The van der Waals surface area contributed by atoms with Gasteiger partial charge in [0.15, 0.2) is 0 Å². The Hall–Kier alpha value is -2.04. The van der Waals surface area contributed by atoms with Gasteiger partial charge in [-0.1, -0.05) is 49.6 Å². The Bertz CT molecular complexity index is 926. The lowest BCUT2D eigenvalue weighted by Gasteiger charge is -2.24. The maximum Gasteiger partial charge on any atom is 0.312 e. The third-order valence-corrected chi connectivity index (χ3v) is 6.63. The molecule has 0 N–H and O–H groups in total. The van der Waals surface area contributed by atoms with Crippen LogP contribution in [0.5, 0.6) is 11.5 Å². The number of benzene rings is 2. The fourth-order valence-electron chi connectivity index (χ4n) is 4.59. The quantitative estimate of drug-likeness (QED) is 0.504. The minimum atomic E-state index is -0.444. The third-order valence-electron chi connectivity index (χ3n) is 6.39. The van der Waals surface area contributed by atoms with Crippen LogP contribution in [-0.4, -0.2) is 30.7 Å². The van der Waals surface area contributed by atoms with E-state index >= 15 is 0 Å². The summed E-state index contributed by atoms with van der Waals surface area (Å²) in [6, 6.07) is 14.1. The molecule has 2 heterocycles.